The molecule has 0 aromatic rings. The third-order valence-electron chi connectivity index (χ3n) is 2.37. The lowest BCUT2D eigenvalue weighted by Gasteiger charge is -2.34. The molecule has 88 valence electrons. The molecule has 1 atom stereocenters. The van der Waals surface area contributed by atoms with Gasteiger partial charge in [-0.25, -0.2) is 4.79 Å². The van der Waals surface area contributed by atoms with E-state index in [4.69, 9.17) is 4.74 Å². The van der Waals surface area contributed by atoms with Crippen LogP contribution in [0.3, 0.4) is 0 Å². The van der Waals surface area contributed by atoms with Gasteiger partial charge in [-0.05, 0) is 12.8 Å². The predicted octanol–water partition coefficient (Wildman–Crippen LogP) is 2.15. The lowest BCUT2D eigenvalue weighted by atomic mass is 9.81. The number of carbonyl (C=O) groups is 1. The third-order valence-corrected chi connectivity index (χ3v) is 2.37. The first-order chi connectivity index (χ1) is 6.72. The quantitative estimate of drug-likeness (QED) is 0.563. The highest BCUT2D eigenvalue weighted by atomic mass is 16.5. The summed E-state index contributed by atoms with van der Waals surface area (Å²) in [5.41, 5.74) is -0.0476. The molecule has 0 spiro atoms. The van der Waals surface area contributed by atoms with Crippen molar-refractivity contribution in [2.75, 3.05) is 6.61 Å². The molecular formula is C12H22O3. The van der Waals surface area contributed by atoms with E-state index in [1.54, 1.807) is 6.92 Å². The lowest BCUT2D eigenvalue weighted by Crippen LogP contribution is -2.40. The molecule has 0 bridgehead atoms. The van der Waals surface area contributed by atoms with Gasteiger partial charge in [-0.1, -0.05) is 34.3 Å². The Labute approximate surface area is 92.1 Å². The van der Waals surface area contributed by atoms with E-state index in [-0.39, 0.29) is 18.6 Å². The molecule has 0 aliphatic carbocycles. The van der Waals surface area contributed by atoms with Crippen molar-refractivity contribution in [1.82, 2.24) is 0 Å². The average Bonchev–Trinajstić information content (AvgIpc) is 2.12. The summed E-state index contributed by atoms with van der Waals surface area (Å²) in [6.07, 6.45) is -0.299. The second-order valence-electron chi connectivity index (χ2n) is 5.00. The number of carbonyl (C=O) groups excluding carboxylic acids is 1. The van der Waals surface area contributed by atoms with E-state index >= 15 is 0 Å². The zero-order valence-electron chi connectivity index (χ0n) is 10.3. The van der Waals surface area contributed by atoms with Crippen LogP contribution in [0.2, 0.25) is 0 Å². The van der Waals surface area contributed by atoms with E-state index in [0.29, 0.717) is 5.57 Å². The third kappa shape index (κ3) is 4.04. The van der Waals surface area contributed by atoms with E-state index in [9.17, 15) is 9.90 Å². The molecular weight excluding hydrogens is 192 g/mol. The first-order valence-corrected chi connectivity index (χ1v) is 5.19. The summed E-state index contributed by atoms with van der Waals surface area (Å²) in [4.78, 5) is 11.4. The Morgan fingerprint density at radius 2 is 1.93 bits per heavy atom. The topological polar surface area (TPSA) is 46.5 Å². The zero-order chi connectivity index (χ0) is 12.2. The van der Waals surface area contributed by atoms with Gasteiger partial charge in [-0.3, -0.25) is 0 Å². The minimum absolute atomic E-state index is 0.0146. The molecule has 0 fully saturated rings. The highest BCUT2D eigenvalue weighted by Crippen LogP contribution is 2.28. The van der Waals surface area contributed by atoms with Crippen LogP contribution in [0.1, 0.15) is 34.6 Å². The normalized spacial score (nSPS) is 13.8. The van der Waals surface area contributed by atoms with Crippen molar-refractivity contribution in [1.29, 1.82) is 0 Å². The summed E-state index contributed by atoms with van der Waals surface area (Å²) < 4.78 is 5.33. The second kappa shape index (κ2) is 5.31. The highest BCUT2D eigenvalue weighted by Gasteiger charge is 2.34. The Morgan fingerprint density at radius 3 is 2.20 bits per heavy atom. The van der Waals surface area contributed by atoms with Crippen LogP contribution in [-0.4, -0.2) is 23.8 Å². The number of hydrogen-bond acceptors (Lipinski definition) is 3. The van der Waals surface area contributed by atoms with Crippen LogP contribution in [-0.2, 0) is 9.53 Å². The Hall–Kier alpha value is -0.830. The summed E-state index contributed by atoms with van der Waals surface area (Å²) in [6.45, 7) is 12.8. The molecule has 0 radical (unpaired) electrons. The SMILES string of the molecule is C=C(C)C(=O)OC(C(C)C)C(C)(C)CO. The van der Waals surface area contributed by atoms with Crippen LogP contribution >= 0.6 is 0 Å². The molecule has 0 rings (SSSR count). The van der Waals surface area contributed by atoms with Crippen LogP contribution in [0.25, 0.3) is 0 Å². The van der Waals surface area contributed by atoms with Gasteiger partial charge < -0.3 is 9.84 Å². The van der Waals surface area contributed by atoms with Gasteiger partial charge in [0.25, 0.3) is 0 Å². The molecule has 15 heavy (non-hydrogen) atoms. The van der Waals surface area contributed by atoms with Crippen molar-refractivity contribution in [2.24, 2.45) is 11.3 Å². The number of rotatable bonds is 5. The monoisotopic (exact) mass is 214 g/mol. The molecule has 1 unspecified atom stereocenters. The minimum Gasteiger partial charge on any atom is -0.458 e. The van der Waals surface area contributed by atoms with E-state index in [1.165, 1.54) is 0 Å². The number of esters is 1. The fourth-order valence-corrected chi connectivity index (χ4v) is 1.50. The van der Waals surface area contributed by atoms with Gasteiger partial charge in [0, 0.05) is 11.0 Å². The summed E-state index contributed by atoms with van der Waals surface area (Å²) in [5.74, 6) is -0.231. The Bertz CT molecular complexity index is 241. The fourth-order valence-electron chi connectivity index (χ4n) is 1.50. The molecule has 0 aromatic heterocycles. The lowest BCUT2D eigenvalue weighted by molar-refractivity contribution is -0.156. The Balaban J connectivity index is 4.70. The first kappa shape index (κ1) is 14.2. The molecule has 3 nitrogen and oxygen atoms in total. The summed E-state index contributed by atoms with van der Waals surface area (Å²) >= 11 is 0. The maximum Gasteiger partial charge on any atom is 0.333 e. The smallest absolute Gasteiger partial charge is 0.333 e. The van der Waals surface area contributed by atoms with Gasteiger partial charge in [-0.2, -0.15) is 0 Å². The summed E-state index contributed by atoms with van der Waals surface area (Å²) in [6, 6.07) is 0. The average molecular weight is 214 g/mol. The van der Waals surface area contributed by atoms with Crippen LogP contribution < -0.4 is 0 Å². The summed E-state index contributed by atoms with van der Waals surface area (Å²) in [7, 11) is 0. The largest absolute Gasteiger partial charge is 0.458 e. The minimum atomic E-state index is -0.431. The van der Waals surface area contributed by atoms with Crippen LogP contribution in [0.15, 0.2) is 12.2 Å². The van der Waals surface area contributed by atoms with Gasteiger partial charge in [0.15, 0.2) is 0 Å². The molecule has 0 amide bonds. The molecule has 3 heteroatoms. The number of aliphatic hydroxyl groups is 1. The van der Waals surface area contributed by atoms with Crippen molar-refractivity contribution in [3.8, 4) is 0 Å². The predicted molar refractivity (Wildman–Crippen MR) is 60.4 cm³/mol. The molecule has 0 aliphatic heterocycles. The van der Waals surface area contributed by atoms with Gasteiger partial charge >= 0.3 is 5.97 Å². The van der Waals surface area contributed by atoms with Gasteiger partial charge in [0.2, 0.25) is 0 Å². The standard InChI is InChI=1S/C12H22O3/c1-8(2)10(12(5,6)7-13)15-11(14)9(3)4/h8,10,13H,3,7H2,1-2,4-6H3. The van der Waals surface area contributed by atoms with Crippen molar-refractivity contribution in [3.05, 3.63) is 12.2 Å². The second-order valence-corrected chi connectivity index (χ2v) is 5.00. The van der Waals surface area contributed by atoms with E-state index in [0.717, 1.165) is 0 Å². The molecule has 0 saturated heterocycles. The molecule has 1 N–H and O–H groups in total. The van der Waals surface area contributed by atoms with E-state index in [2.05, 4.69) is 6.58 Å². The van der Waals surface area contributed by atoms with E-state index < -0.39 is 11.4 Å². The Morgan fingerprint density at radius 1 is 1.47 bits per heavy atom. The van der Waals surface area contributed by atoms with Gasteiger partial charge in [-0.15, -0.1) is 0 Å². The number of ether oxygens (including phenoxy) is 1. The van der Waals surface area contributed by atoms with Crippen molar-refractivity contribution in [2.45, 2.75) is 40.7 Å². The number of aliphatic hydroxyl groups excluding tert-OH is 1. The van der Waals surface area contributed by atoms with Crippen molar-refractivity contribution in [3.63, 3.8) is 0 Å². The molecule has 0 saturated carbocycles. The number of hydrogen-bond donors (Lipinski definition) is 1. The van der Waals surface area contributed by atoms with Gasteiger partial charge in [0.1, 0.15) is 6.10 Å². The zero-order valence-corrected chi connectivity index (χ0v) is 10.3. The van der Waals surface area contributed by atoms with Crippen molar-refractivity contribution < 1.29 is 14.6 Å². The van der Waals surface area contributed by atoms with Crippen LogP contribution in [0.4, 0.5) is 0 Å². The maximum absolute atomic E-state index is 11.4. The van der Waals surface area contributed by atoms with Crippen molar-refractivity contribution >= 4 is 5.97 Å². The van der Waals surface area contributed by atoms with Crippen LogP contribution in [0, 0.1) is 11.3 Å². The van der Waals surface area contributed by atoms with E-state index in [1.807, 2.05) is 27.7 Å². The molecule has 0 aromatic carbocycles. The molecule has 0 aliphatic rings. The summed E-state index contributed by atoms with van der Waals surface area (Å²) in [5, 5.41) is 9.25. The fraction of sp³-hybridized carbons (Fsp3) is 0.750. The maximum atomic E-state index is 11.4. The highest BCUT2D eigenvalue weighted by molar-refractivity contribution is 5.87. The first-order valence-electron chi connectivity index (χ1n) is 5.19. The van der Waals surface area contributed by atoms with Crippen LogP contribution in [0.5, 0.6) is 0 Å². The van der Waals surface area contributed by atoms with Gasteiger partial charge in [0.05, 0.1) is 6.61 Å². The Kier molecular flexibility index (Phi) is 5.01. The molecule has 0 heterocycles.